The van der Waals surface area contributed by atoms with Crippen LogP contribution in [-0.2, 0) is 12.0 Å². The van der Waals surface area contributed by atoms with Crippen molar-refractivity contribution in [3.8, 4) is 27.9 Å². The molecule has 0 atom stereocenters. The molecule has 6 aromatic rings. The second kappa shape index (κ2) is 9.39. The molecule has 4 N–H and O–H groups in total. The van der Waals surface area contributed by atoms with E-state index in [0.29, 0.717) is 33.4 Å². The maximum absolute atomic E-state index is 15.3. The van der Waals surface area contributed by atoms with E-state index in [1.807, 2.05) is 51.1 Å². The number of anilines is 1. The fourth-order valence-electron chi connectivity index (χ4n) is 5.09. The number of benzene rings is 3. The minimum absolute atomic E-state index is 0.0521. The number of fused-ring (bicyclic) bond motifs is 2. The van der Waals surface area contributed by atoms with Gasteiger partial charge in [-0.05, 0) is 58.5 Å². The van der Waals surface area contributed by atoms with Crippen molar-refractivity contribution in [2.24, 2.45) is 0 Å². The van der Waals surface area contributed by atoms with Gasteiger partial charge in [-0.1, -0.05) is 39.0 Å². The van der Waals surface area contributed by atoms with Crippen LogP contribution in [0.15, 0.2) is 78.0 Å². The number of nitrogens with two attached hydrogens (primary N) is 1. The highest BCUT2D eigenvalue weighted by molar-refractivity contribution is 6.02. The van der Waals surface area contributed by atoms with Gasteiger partial charge in [0.2, 0.25) is 0 Å². The number of nitrogens with zero attached hydrogens (tertiary/aromatic N) is 4. The number of aliphatic hydroxyl groups excluding tert-OH is 1. The Kier molecular flexibility index (Phi) is 5.96. The van der Waals surface area contributed by atoms with E-state index in [9.17, 15) is 9.90 Å². The van der Waals surface area contributed by atoms with Crippen LogP contribution in [0.25, 0.3) is 49.6 Å². The molecule has 0 unspecified atom stereocenters. The molecule has 6 rings (SSSR count). The van der Waals surface area contributed by atoms with Crippen molar-refractivity contribution < 1.29 is 9.50 Å². The van der Waals surface area contributed by atoms with Gasteiger partial charge >= 0.3 is 0 Å². The number of halogens is 1. The maximum Gasteiger partial charge on any atom is 0.282 e. The summed E-state index contributed by atoms with van der Waals surface area (Å²) in [4.78, 5) is 17.8. The molecule has 0 aliphatic rings. The van der Waals surface area contributed by atoms with E-state index in [4.69, 9.17) is 5.73 Å². The zero-order valence-electron chi connectivity index (χ0n) is 22.2. The van der Waals surface area contributed by atoms with Crippen LogP contribution in [0.4, 0.5) is 10.2 Å². The van der Waals surface area contributed by atoms with Crippen LogP contribution >= 0.6 is 0 Å². The molecule has 0 bridgehead atoms. The topological polar surface area (TPSA) is 123 Å². The largest absolute Gasteiger partial charge is 0.392 e. The van der Waals surface area contributed by atoms with E-state index in [2.05, 4.69) is 20.3 Å². The SMILES string of the molecule is CC(C)(C)c1cc(F)c2c(=O)n(-c3cccc(-c4cc(-c5cccnc5)c5[nH]nc(N)c5c4)c3CO)ncc2c1. The minimum atomic E-state index is -0.604. The van der Waals surface area contributed by atoms with Crippen molar-refractivity contribution in [3.05, 3.63) is 100 Å². The molecule has 9 heteroatoms. The molecule has 0 aliphatic carbocycles. The van der Waals surface area contributed by atoms with E-state index >= 15 is 4.39 Å². The first kappa shape index (κ1) is 25.4. The molecule has 40 heavy (non-hydrogen) atoms. The van der Waals surface area contributed by atoms with Crippen LogP contribution in [0.2, 0.25) is 0 Å². The molecule has 8 nitrogen and oxygen atoms in total. The van der Waals surface area contributed by atoms with E-state index < -0.39 is 11.4 Å². The van der Waals surface area contributed by atoms with Gasteiger partial charge in [0.25, 0.3) is 5.56 Å². The Labute approximate surface area is 228 Å². The zero-order valence-corrected chi connectivity index (χ0v) is 22.2. The van der Waals surface area contributed by atoms with Crippen molar-refractivity contribution >= 4 is 27.5 Å². The monoisotopic (exact) mass is 534 g/mol. The van der Waals surface area contributed by atoms with Gasteiger partial charge < -0.3 is 10.8 Å². The number of hydrogen-bond donors (Lipinski definition) is 3. The summed E-state index contributed by atoms with van der Waals surface area (Å²) >= 11 is 0. The third-order valence-corrected chi connectivity index (χ3v) is 7.23. The molecule has 200 valence electrons. The lowest BCUT2D eigenvalue weighted by atomic mass is 9.86. The van der Waals surface area contributed by atoms with E-state index in [-0.39, 0.29) is 17.4 Å². The van der Waals surface area contributed by atoms with E-state index in [1.54, 1.807) is 30.6 Å². The summed E-state index contributed by atoms with van der Waals surface area (Å²) in [5.74, 6) is -0.270. The Morgan fingerprint density at radius 1 is 1.02 bits per heavy atom. The molecule has 3 aromatic carbocycles. The number of aromatic nitrogens is 5. The first-order valence-electron chi connectivity index (χ1n) is 12.8. The molecule has 0 spiro atoms. The van der Waals surface area contributed by atoms with Crippen LogP contribution < -0.4 is 11.3 Å². The molecule has 0 saturated heterocycles. The number of aliphatic hydroxyl groups is 1. The van der Waals surface area contributed by atoms with E-state index in [0.717, 1.165) is 32.5 Å². The summed E-state index contributed by atoms with van der Waals surface area (Å²) in [6.07, 6.45) is 4.93. The smallest absolute Gasteiger partial charge is 0.282 e. The van der Waals surface area contributed by atoms with Crippen LogP contribution in [0.3, 0.4) is 0 Å². The fraction of sp³-hybridized carbons (Fsp3) is 0.161. The third-order valence-electron chi connectivity index (χ3n) is 7.23. The van der Waals surface area contributed by atoms with Crippen molar-refractivity contribution in [1.82, 2.24) is 25.0 Å². The second-order valence-corrected chi connectivity index (χ2v) is 10.8. The highest BCUT2D eigenvalue weighted by Gasteiger charge is 2.21. The van der Waals surface area contributed by atoms with Crippen molar-refractivity contribution in [1.29, 1.82) is 0 Å². The predicted octanol–water partition coefficient (Wildman–Crippen LogP) is 5.50. The third kappa shape index (κ3) is 4.11. The molecule has 0 aliphatic heterocycles. The lowest BCUT2D eigenvalue weighted by molar-refractivity contribution is 0.282. The molecule has 0 radical (unpaired) electrons. The predicted molar refractivity (Wildman–Crippen MR) is 155 cm³/mol. The zero-order chi connectivity index (χ0) is 28.2. The normalized spacial score (nSPS) is 11.9. The maximum atomic E-state index is 15.3. The number of aromatic amines is 1. The number of rotatable bonds is 4. The van der Waals surface area contributed by atoms with Gasteiger partial charge in [-0.2, -0.15) is 14.9 Å². The summed E-state index contributed by atoms with van der Waals surface area (Å²) in [6, 6.07) is 16.1. The number of nitrogen functional groups attached to an aromatic ring is 1. The van der Waals surface area contributed by atoms with Gasteiger partial charge in [-0.25, -0.2) is 4.39 Å². The lowest BCUT2D eigenvalue weighted by Crippen LogP contribution is -2.24. The van der Waals surface area contributed by atoms with Crippen molar-refractivity contribution in [2.75, 3.05) is 5.73 Å². The van der Waals surface area contributed by atoms with Crippen LogP contribution in [-0.4, -0.2) is 30.1 Å². The fourth-order valence-corrected chi connectivity index (χ4v) is 5.09. The van der Waals surface area contributed by atoms with Gasteiger partial charge in [0, 0.05) is 39.9 Å². The molecular weight excluding hydrogens is 507 g/mol. The Bertz CT molecular complexity index is 1970. The average Bonchev–Trinajstić information content (AvgIpc) is 3.32. The number of nitrogens with one attached hydrogen (secondary N) is 1. The molecular formula is C31H27FN6O2. The summed E-state index contributed by atoms with van der Waals surface area (Å²) in [5.41, 5.74) is 10.7. The Morgan fingerprint density at radius 3 is 2.58 bits per heavy atom. The van der Waals surface area contributed by atoms with Crippen molar-refractivity contribution in [3.63, 3.8) is 0 Å². The minimum Gasteiger partial charge on any atom is -0.392 e. The van der Waals surface area contributed by atoms with Crippen LogP contribution in [0.1, 0.15) is 31.9 Å². The van der Waals surface area contributed by atoms with Gasteiger partial charge in [0.1, 0.15) is 5.82 Å². The number of hydrogen-bond acceptors (Lipinski definition) is 6. The summed E-state index contributed by atoms with van der Waals surface area (Å²) in [7, 11) is 0. The van der Waals surface area contributed by atoms with Gasteiger partial charge in [-0.15, -0.1) is 0 Å². The van der Waals surface area contributed by atoms with Gasteiger partial charge in [-0.3, -0.25) is 14.9 Å². The molecule has 0 amide bonds. The van der Waals surface area contributed by atoms with Crippen LogP contribution in [0.5, 0.6) is 0 Å². The van der Waals surface area contributed by atoms with Gasteiger partial charge in [0.15, 0.2) is 5.82 Å². The summed E-state index contributed by atoms with van der Waals surface area (Å²) in [5, 5.41) is 23.2. The average molecular weight is 535 g/mol. The highest BCUT2D eigenvalue weighted by Crippen LogP contribution is 2.37. The first-order chi connectivity index (χ1) is 19.2. The Morgan fingerprint density at radius 2 is 1.85 bits per heavy atom. The summed E-state index contributed by atoms with van der Waals surface area (Å²) < 4.78 is 16.4. The van der Waals surface area contributed by atoms with E-state index in [1.165, 1.54) is 12.3 Å². The number of pyridine rings is 1. The second-order valence-electron chi connectivity index (χ2n) is 10.8. The van der Waals surface area contributed by atoms with Crippen molar-refractivity contribution in [2.45, 2.75) is 32.8 Å². The number of H-pyrrole nitrogens is 1. The standard InChI is InChI=1S/C31H27FN6O2/c1-31(2,3)20-10-19-15-35-38(30(40)27(19)25(32)13-20)26-8-4-7-21(24(26)16-39)18-11-22(17-6-5-9-34-14-17)28-23(12-18)29(33)37-36-28/h4-15,39H,16H2,1-3H3,(H3,33,36,37). The first-order valence-corrected chi connectivity index (χ1v) is 12.8. The highest BCUT2D eigenvalue weighted by atomic mass is 19.1. The Hall–Kier alpha value is -4.89. The molecule has 3 heterocycles. The molecule has 0 fully saturated rings. The molecule has 3 aromatic heterocycles. The quantitative estimate of drug-likeness (QED) is 0.274. The van der Waals surface area contributed by atoms with Gasteiger partial charge in [0.05, 0.1) is 29.4 Å². The molecule has 0 saturated carbocycles. The summed E-state index contributed by atoms with van der Waals surface area (Å²) in [6.45, 7) is 5.56. The lowest BCUT2D eigenvalue weighted by Gasteiger charge is -2.20. The van der Waals surface area contributed by atoms with Crippen LogP contribution in [0, 0.1) is 5.82 Å². The Balaban J connectivity index is 1.57.